The summed E-state index contributed by atoms with van der Waals surface area (Å²) >= 11 is 0. The van der Waals surface area contributed by atoms with Crippen molar-refractivity contribution in [1.29, 1.82) is 0 Å². The summed E-state index contributed by atoms with van der Waals surface area (Å²) < 4.78 is 2.93. The van der Waals surface area contributed by atoms with Crippen molar-refractivity contribution in [1.82, 2.24) is 24.1 Å². The minimum atomic E-state index is -0.676. The van der Waals surface area contributed by atoms with Crippen LogP contribution in [0.5, 0.6) is 0 Å². The van der Waals surface area contributed by atoms with Gasteiger partial charge in [-0.05, 0) is 54.3 Å². The zero-order valence-corrected chi connectivity index (χ0v) is 20.1. The Morgan fingerprint density at radius 2 is 1.76 bits per heavy atom. The minimum absolute atomic E-state index is 0.0485. The highest BCUT2D eigenvalue weighted by Gasteiger charge is 2.51. The van der Waals surface area contributed by atoms with Crippen LogP contribution >= 0.6 is 0 Å². The number of carbonyl (C=O) groups excluding carboxylic acids is 2. The second-order valence-corrected chi connectivity index (χ2v) is 9.61. The van der Waals surface area contributed by atoms with E-state index < -0.39 is 5.41 Å². The average molecular weight is 504 g/mol. The third-order valence-corrected chi connectivity index (χ3v) is 7.41. The SMILES string of the molecule is O=C(Cn1c(=O)n(-c2cncnc2)c2ccccc21)Nc1ccc2c(c1)CC1(C2)C(=O)Nc2ncccc21. The van der Waals surface area contributed by atoms with Gasteiger partial charge in [-0.3, -0.25) is 18.7 Å². The molecule has 0 bridgehead atoms. The van der Waals surface area contributed by atoms with E-state index in [0.717, 1.165) is 16.7 Å². The molecule has 2 aliphatic rings. The molecule has 0 saturated carbocycles. The third kappa shape index (κ3) is 3.27. The molecule has 0 radical (unpaired) electrons. The molecule has 2 aromatic carbocycles. The molecule has 1 aliphatic carbocycles. The van der Waals surface area contributed by atoms with Crippen molar-refractivity contribution in [2.24, 2.45) is 0 Å². The highest BCUT2D eigenvalue weighted by Crippen LogP contribution is 2.46. The normalized spacial score (nSPS) is 17.4. The van der Waals surface area contributed by atoms with Gasteiger partial charge in [0.05, 0.1) is 34.5 Å². The average Bonchev–Trinajstić information content (AvgIpc) is 3.54. The van der Waals surface area contributed by atoms with Gasteiger partial charge in [0.2, 0.25) is 11.8 Å². The second kappa shape index (κ2) is 8.20. The molecule has 1 atom stereocenters. The van der Waals surface area contributed by atoms with Crippen molar-refractivity contribution >= 4 is 34.4 Å². The second-order valence-electron chi connectivity index (χ2n) is 9.61. The summed E-state index contributed by atoms with van der Waals surface area (Å²) in [7, 11) is 0. The van der Waals surface area contributed by atoms with Crippen LogP contribution in [0.15, 0.2) is 84.3 Å². The van der Waals surface area contributed by atoms with Crippen LogP contribution in [-0.2, 0) is 34.4 Å². The van der Waals surface area contributed by atoms with E-state index in [0.29, 0.717) is 41.1 Å². The summed E-state index contributed by atoms with van der Waals surface area (Å²) in [5.74, 6) is 0.234. The fourth-order valence-electron chi connectivity index (χ4n) is 5.71. The molecule has 5 aromatic rings. The van der Waals surface area contributed by atoms with Crippen LogP contribution in [0, 0.1) is 0 Å². The lowest BCUT2D eigenvalue weighted by Crippen LogP contribution is -2.35. The molecule has 1 aliphatic heterocycles. The van der Waals surface area contributed by atoms with Crippen molar-refractivity contribution in [3.05, 3.63) is 107 Å². The quantitative estimate of drug-likeness (QED) is 0.389. The Morgan fingerprint density at radius 1 is 0.974 bits per heavy atom. The van der Waals surface area contributed by atoms with Crippen LogP contribution in [-0.4, -0.2) is 35.9 Å². The number of carbonyl (C=O) groups is 2. The van der Waals surface area contributed by atoms with Gasteiger partial charge in [0.15, 0.2) is 0 Å². The lowest BCUT2D eigenvalue weighted by molar-refractivity contribution is -0.120. The van der Waals surface area contributed by atoms with Gasteiger partial charge in [-0.1, -0.05) is 24.3 Å². The molecular weight excluding hydrogens is 482 g/mol. The first-order valence-corrected chi connectivity index (χ1v) is 12.2. The molecule has 186 valence electrons. The Morgan fingerprint density at radius 3 is 2.61 bits per heavy atom. The molecule has 3 aromatic heterocycles. The molecular formula is C28H21N7O3. The first kappa shape index (κ1) is 22.1. The Hall–Kier alpha value is -5.12. The van der Waals surface area contributed by atoms with E-state index in [9.17, 15) is 14.4 Å². The van der Waals surface area contributed by atoms with E-state index in [1.54, 1.807) is 24.7 Å². The molecule has 2 N–H and O–H groups in total. The lowest BCUT2D eigenvalue weighted by atomic mass is 9.79. The maximum Gasteiger partial charge on any atom is 0.334 e. The number of nitrogens with one attached hydrogen (secondary N) is 2. The summed E-state index contributed by atoms with van der Waals surface area (Å²) in [6.07, 6.45) is 7.30. The zero-order chi connectivity index (χ0) is 25.9. The molecule has 4 heterocycles. The van der Waals surface area contributed by atoms with E-state index in [1.807, 2.05) is 48.5 Å². The zero-order valence-electron chi connectivity index (χ0n) is 20.1. The van der Waals surface area contributed by atoms with Gasteiger partial charge in [-0.2, -0.15) is 0 Å². The monoisotopic (exact) mass is 503 g/mol. The number of imidazole rings is 1. The Kier molecular flexibility index (Phi) is 4.77. The molecule has 10 nitrogen and oxygen atoms in total. The smallest absolute Gasteiger partial charge is 0.325 e. The number of fused-ring (bicyclic) bond motifs is 4. The van der Waals surface area contributed by atoms with Crippen molar-refractivity contribution in [3.63, 3.8) is 0 Å². The fraction of sp³-hybridized carbons (Fsp3) is 0.143. The summed E-state index contributed by atoms with van der Waals surface area (Å²) in [6, 6.07) is 16.8. The standard InChI is InChI=1S/C28H21N7O3/c36-24(15-34-22-5-1-2-6-23(22)35(27(34)38)20-13-29-16-30-14-20)32-19-8-7-17-11-28(12-18(17)10-19)21-4-3-9-31-25(21)33-26(28)37/h1-10,13-14,16H,11-12,15H2,(H,32,36)(H,31,33,37). The van der Waals surface area contributed by atoms with E-state index in [2.05, 4.69) is 25.6 Å². The topological polar surface area (TPSA) is 124 Å². The predicted molar refractivity (Wildman–Crippen MR) is 140 cm³/mol. The number of pyridine rings is 1. The first-order valence-electron chi connectivity index (χ1n) is 12.2. The summed E-state index contributed by atoms with van der Waals surface area (Å²) in [6.45, 7) is -0.164. The number of amides is 2. The first-order chi connectivity index (χ1) is 18.5. The van der Waals surface area contributed by atoms with Gasteiger partial charge < -0.3 is 10.6 Å². The van der Waals surface area contributed by atoms with Gasteiger partial charge in [-0.15, -0.1) is 0 Å². The van der Waals surface area contributed by atoms with Gasteiger partial charge in [0.1, 0.15) is 18.7 Å². The summed E-state index contributed by atoms with van der Waals surface area (Å²) in [5, 5.41) is 5.84. The van der Waals surface area contributed by atoms with E-state index in [1.165, 1.54) is 15.5 Å². The summed E-state index contributed by atoms with van der Waals surface area (Å²) in [4.78, 5) is 51.8. The van der Waals surface area contributed by atoms with Crippen LogP contribution in [0.3, 0.4) is 0 Å². The predicted octanol–water partition coefficient (Wildman–Crippen LogP) is 2.60. The number of nitrogens with zero attached hydrogens (tertiary/aromatic N) is 5. The van der Waals surface area contributed by atoms with Gasteiger partial charge in [0.25, 0.3) is 0 Å². The molecule has 1 unspecified atom stereocenters. The van der Waals surface area contributed by atoms with Crippen LogP contribution in [0.25, 0.3) is 16.7 Å². The van der Waals surface area contributed by atoms with E-state index in [-0.39, 0.29) is 24.0 Å². The Bertz CT molecular complexity index is 1830. The van der Waals surface area contributed by atoms with Crippen LogP contribution in [0.2, 0.25) is 0 Å². The van der Waals surface area contributed by atoms with Crippen LogP contribution < -0.4 is 16.3 Å². The highest BCUT2D eigenvalue weighted by atomic mass is 16.2. The Balaban J connectivity index is 1.16. The van der Waals surface area contributed by atoms with E-state index in [4.69, 9.17) is 0 Å². The fourth-order valence-corrected chi connectivity index (χ4v) is 5.71. The van der Waals surface area contributed by atoms with Crippen LogP contribution in [0.4, 0.5) is 11.5 Å². The molecule has 38 heavy (non-hydrogen) atoms. The van der Waals surface area contributed by atoms with Crippen LogP contribution in [0.1, 0.15) is 16.7 Å². The summed E-state index contributed by atoms with van der Waals surface area (Å²) in [5.41, 5.74) is 4.38. The number of hydrogen-bond acceptors (Lipinski definition) is 6. The molecule has 0 fully saturated rings. The van der Waals surface area contributed by atoms with Crippen molar-refractivity contribution < 1.29 is 9.59 Å². The number of benzene rings is 2. The number of rotatable bonds is 4. The number of aromatic nitrogens is 5. The van der Waals surface area contributed by atoms with Crippen molar-refractivity contribution in [3.8, 4) is 5.69 Å². The lowest BCUT2D eigenvalue weighted by Gasteiger charge is -2.20. The minimum Gasteiger partial charge on any atom is -0.325 e. The number of hydrogen-bond donors (Lipinski definition) is 2. The van der Waals surface area contributed by atoms with Gasteiger partial charge >= 0.3 is 5.69 Å². The van der Waals surface area contributed by atoms with Crippen molar-refractivity contribution in [2.45, 2.75) is 24.8 Å². The van der Waals surface area contributed by atoms with E-state index >= 15 is 0 Å². The van der Waals surface area contributed by atoms with Gasteiger partial charge in [0, 0.05) is 17.4 Å². The number of anilines is 2. The molecule has 1 spiro atoms. The Labute approximate surface area is 216 Å². The molecule has 7 rings (SSSR count). The van der Waals surface area contributed by atoms with Gasteiger partial charge in [-0.25, -0.2) is 19.7 Å². The maximum absolute atomic E-state index is 13.4. The highest BCUT2D eigenvalue weighted by molar-refractivity contribution is 6.06. The number of para-hydroxylation sites is 2. The third-order valence-electron chi connectivity index (χ3n) is 7.41. The molecule has 0 saturated heterocycles. The molecule has 2 amide bonds. The molecule has 10 heteroatoms. The largest absolute Gasteiger partial charge is 0.334 e. The van der Waals surface area contributed by atoms with Crippen molar-refractivity contribution in [2.75, 3.05) is 10.6 Å². The maximum atomic E-state index is 13.4.